The predicted octanol–water partition coefficient (Wildman–Crippen LogP) is 4.89. The molecule has 6 nitrogen and oxygen atoms in total. The van der Waals surface area contributed by atoms with Crippen molar-refractivity contribution in [3.63, 3.8) is 0 Å². The van der Waals surface area contributed by atoms with Gasteiger partial charge in [-0.15, -0.1) is 0 Å². The van der Waals surface area contributed by atoms with Gasteiger partial charge in [0.25, 0.3) is 5.91 Å². The lowest BCUT2D eigenvalue weighted by Gasteiger charge is -2.32. The highest BCUT2D eigenvalue weighted by Gasteiger charge is 2.31. The average Bonchev–Trinajstić information content (AvgIpc) is 3.17. The summed E-state index contributed by atoms with van der Waals surface area (Å²) in [6.45, 7) is 2.33. The Morgan fingerprint density at radius 2 is 1.80 bits per heavy atom. The standard InChI is InChI=1S/C22H25N3O3S2/c1-2-25(17-8-4-3-5-9-17)30(27,28)18-14-12-16(13-15-18)21(26)24-22-23-19-10-6-7-11-20(19)29-22/h6-7,10-15,17H,2-5,8-9H2,1H3,(H,23,24,26). The van der Waals surface area contributed by atoms with Gasteiger partial charge in [0.05, 0.1) is 15.1 Å². The predicted molar refractivity (Wildman–Crippen MR) is 120 cm³/mol. The van der Waals surface area contributed by atoms with Gasteiger partial charge in [-0.05, 0) is 49.2 Å². The van der Waals surface area contributed by atoms with E-state index in [9.17, 15) is 13.2 Å². The zero-order chi connectivity index (χ0) is 21.1. The Morgan fingerprint density at radius 1 is 1.10 bits per heavy atom. The molecule has 4 rings (SSSR count). The van der Waals surface area contributed by atoms with Gasteiger partial charge in [-0.1, -0.05) is 49.7 Å². The highest BCUT2D eigenvalue weighted by molar-refractivity contribution is 7.89. The number of carbonyl (C=O) groups excluding carboxylic acids is 1. The van der Waals surface area contributed by atoms with Crippen molar-refractivity contribution in [2.24, 2.45) is 0 Å². The van der Waals surface area contributed by atoms with Crippen molar-refractivity contribution in [3.8, 4) is 0 Å². The number of benzene rings is 2. The summed E-state index contributed by atoms with van der Waals surface area (Å²) in [7, 11) is -3.58. The van der Waals surface area contributed by atoms with Crippen molar-refractivity contribution in [2.45, 2.75) is 50.0 Å². The van der Waals surface area contributed by atoms with Crippen molar-refractivity contribution in [1.29, 1.82) is 0 Å². The molecule has 1 amide bonds. The largest absolute Gasteiger partial charge is 0.298 e. The number of hydrogen-bond donors (Lipinski definition) is 1. The van der Waals surface area contributed by atoms with Crippen molar-refractivity contribution in [2.75, 3.05) is 11.9 Å². The van der Waals surface area contributed by atoms with Gasteiger partial charge in [-0.25, -0.2) is 13.4 Å². The van der Waals surface area contributed by atoms with E-state index in [0.717, 1.165) is 35.9 Å². The number of aromatic nitrogens is 1. The summed E-state index contributed by atoms with van der Waals surface area (Å²) in [6.07, 6.45) is 5.14. The number of hydrogen-bond acceptors (Lipinski definition) is 5. The monoisotopic (exact) mass is 443 g/mol. The van der Waals surface area contributed by atoms with Crippen LogP contribution >= 0.6 is 11.3 Å². The summed E-state index contributed by atoms with van der Waals surface area (Å²) in [4.78, 5) is 17.2. The minimum Gasteiger partial charge on any atom is -0.298 e. The molecule has 0 saturated heterocycles. The second-order valence-corrected chi connectivity index (χ2v) is 10.4. The molecule has 0 unspecified atom stereocenters. The number of nitrogens with one attached hydrogen (secondary N) is 1. The molecule has 2 aromatic carbocycles. The van der Waals surface area contributed by atoms with E-state index in [4.69, 9.17) is 0 Å². The lowest BCUT2D eigenvalue weighted by Crippen LogP contribution is -2.41. The van der Waals surface area contributed by atoms with Gasteiger partial charge in [0.15, 0.2) is 5.13 Å². The molecule has 1 aliphatic carbocycles. The smallest absolute Gasteiger partial charge is 0.257 e. The number of thiazole rings is 1. The molecule has 1 heterocycles. The highest BCUT2D eigenvalue weighted by Crippen LogP contribution is 2.28. The van der Waals surface area contributed by atoms with E-state index in [-0.39, 0.29) is 16.8 Å². The molecule has 8 heteroatoms. The van der Waals surface area contributed by atoms with Gasteiger partial charge in [-0.2, -0.15) is 4.31 Å². The van der Waals surface area contributed by atoms with Gasteiger partial charge < -0.3 is 0 Å². The zero-order valence-corrected chi connectivity index (χ0v) is 18.5. The van der Waals surface area contributed by atoms with E-state index in [1.54, 1.807) is 16.4 Å². The molecule has 1 N–H and O–H groups in total. The van der Waals surface area contributed by atoms with Crippen LogP contribution in [0.5, 0.6) is 0 Å². The maximum Gasteiger partial charge on any atom is 0.257 e. The normalized spacial score (nSPS) is 15.5. The van der Waals surface area contributed by atoms with Crippen LogP contribution in [0, 0.1) is 0 Å². The first-order valence-electron chi connectivity index (χ1n) is 10.3. The first-order valence-corrected chi connectivity index (χ1v) is 12.5. The summed E-state index contributed by atoms with van der Waals surface area (Å²) in [5, 5.41) is 3.32. The number of amides is 1. The molecule has 0 aliphatic heterocycles. The molecule has 1 aromatic heterocycles. The summed E-state index contributed by atoms with van der Waals surface area (Å²) in [6, 6.07) is 13.9. The Labute approximate surface area is 181 Å². The molecule has 0 atom stereocenters. The average molecular weight is 444 g/mol. The molecule has 30 heavy (non-hydrogen) atoms. The quantitative estimate of drug-likeness (QED) is 0.588. The van der Waals surface area contributed by atoms with Crippen molar-refractivity contribution in [1.82, 2.24) is 9.29 Å². The summed E-state index contributed by atoms with van der Waals surface area (Å²) in [5.74, 6) is -0.308. The second-order valence-electron chi connectivity index (χ2n) is 7.47. The molecule has 0 spiro atoms. The minimum atomic E-state index is -3.58. The van der Waals surface area contributed by atoms with E-state index in [0.29, 0.717) is 17.2 Å². The van der Waals surface area contributed by atoms with Crippen LogP contribution in [-0.4, -0.2) is 36.2 Å². The van der Waals surface area contributed by atoms with Gasteiger partial charge in [0.1, 0.15) is 0 Å². The maximum atomic E-state index is 13.2. The lowest BCUT2D eigenvalue weighted by atomic mass is 9.95. The van der Waals surface area contributed by atoms with E-state index >= 15 is 0 Å². The van der Waals surface area contributed by atoms with Gasteiger partial charge in [0.2, 0.25) is 10.0 Å². The van der Waals surface area contributed by atoms with Crippen LogP contribution in [0.3, 0.4) is 0 Å². The van der Waals surface area contributed by atoms with E-state index in [1.807, 2.05) is 31.2 Å². The Hall–Kier alpha value is -2.29. The van der Waals surface area contributed by atoms with Crippen molar-refractivity contribution >= 4 is 42.6 Å². The third kappa shape index (κ3) is 4.26. The zero-order valence-electron chi connectivity index (χ0n) is 16.9. The van der Waals surface area contributed by atoms with Crippen molar-refractivity contribution in [3.05, 3.63) is 54.1 Å². The summed E-state index contributed by atoms with van der Waals surface area (Å²) < 4.78 is 28.9. The lowest BCUT2D eigenvalue weighted by molar-refractivity contribution is 0.102. The van der Waals surface area contributed by atoms with Crippen LogP contribution in [0.25, 0.3) is 10.2 Å². The molecular weight excluding hydrogens is 418 g/mol. The Balaban J connectivity index is 1.50. The van der Waals surface area contributed by atoms with Crippen LogP contribution in [-0.2, 0) is 10.0 Å². The number of fused-ring (bicyclic) bond motifs is 1. The SMILES string of the molecule is CCN(C1CCCCC1)S(=O)(=O)c1ccc(C(=O)Nc2nc3ccccc3s2)cc1. The third-order valence-corrected chi connectivity index (χ3v) is 8.52. The topological polar surface area (TPSA) is 79.4 Å². The molecular formula is C22H25N3O3S2. The van der Waals surface area contributed by atoms with Gasteiger partial charge in [0, 0.05) is 18.2 Å². The Morgan fingerprint density at radius 3 is 2.47 bits per heavy atom. The van der Waals surface area contributed by atoms with E-state index in [2.05, 4.69) is 10.3 Å². The number of nitrogens with zero attached hydrogens (tertiary/aromatic N) is 2. The molecule has 0 bridgehead atoms. The van der Waals surface area contributed by atoms with Crippen LogP contribution in [0.4, 0.5) is 5.13 Å². The Kier molecular flexibility index (Phi) is 6.17. The number of carbonyl (C=O) groups is 1. The van der Waals surface area contributed by atoms with Crippen LogP contribution in [0.15, 0.2) is 53.4 Å². The molecule has 1 saturated carbocycles. The van der Waals surface area contributed by atoms with E-state index in [1.165, 1.54) is 29.9 Å². The first-order chi connectivity index (χ1) is 14.5. The molecule has 0 radical (unpaired) electrons. The number of para-hydroxylation sites is 1. The fourth-order valence-electron chi connectivity index (χ4n) is 4.00. The molecule has 1 aliphatic rings. The van der Waals surface area contributed by atoms with Crippen LogP contribution in [0.2, 0.25) is 0 Å². The maximum absolute atomic E-state index is 13.2. The van der Waals surface area contributed by atoms with Gasteiger partial charge >= 0.3 is 0 Å². The Bertz CT molecular complexity index is 1100. The summed E-state index contributed by atoms with van der Waals surface area (Å²) in [5.41, 5.74) is 1.23. The fourth-order valence-corrected chi connectivity index (χ4v) is 6.56. The molecule has 158 valence electrons. The first kappa shape index (κ1) is 21.0. The second kappa shape index (κ2) is 8.83. The minimum absolute atomic E-state index is 0.0655. The van der Waals surface area contributed by atoms with E-state index < -0.39 is 10.0 Å². The number of rotatable bonds is 6. The van der Waals surface area contributed by atoms with Gasteiger partial charge in [-0.3, -0.25) is 10.1 Å². The number of anilines is 1. The number of sulfonamides is 1. The summed E-state index contributed by atoms with van der Waals surface area (Å²) >= 11 is 1.40. The molecule has 1 fully saturated rings. The van der Waals surface area contributed by atoms with Crippen LogP contribution < -0.4 is 5.32 Å². The highest BCUT2D eigenvalue weighted by atomic mass is 32.2. The fraction of sp³-hybridized carbons (Fsp3) is 0.364. The third-order valence-electron chi connectivity index (χ3n) is 5.53. The van der Waals surface area contributed by atoms with Crippen LogP contribution in [0.1, 0.15) is 49.4 Å². The molecule has 3 aromatic rings. The van der Waals surface area contributed by atoms with Crippen molar-refractivity contribution < 1.29 is 13.2 Å².